The van der Waals surface area contributed by atoms with Crippen molar-refractivity contribution in [1.29, 1.82) is 0 Å². The quantitative estimate of drug-likeness (QED) is 0.297. The molecular weight excluding hydrogens is 556 g/mol. The Morgan fingerprint density at radius 3 is 2.57 bits per heavy atom. The van der Waals surface area contributed by atoms with Crippen LogP contribution in [0.3, 0.4) is 0 Å². The Morgan fingerprint density at radius 1 is 1.19 bits per heavy atom. The fraction of sp³-hybridized carbons (Fsp3) is 0.393. The molecule has 224 valence electrons. The first-order chi connectivity index (χ1) is 20.0. The molecule has 1 saturated carbocycles. The highest BCUT2D eigenvalue weighted by Gasteiger charge is 2.26. The molecule has 2 heterocycles. The van der Waals surface area contributed by atoms with Gasteiger partial charge in [-0.3, -0.25) is 14.6 Å². The Bertz CT molecular complexity index is 1430. The zero-order valence-corrected chi connectivity index (χ0v) is 23.3. The number of alkyl halides is 2. The van der Waals surface area contributed by atoms with Crippen LogP contribution in [-0.2, 0) is 11.3 Å². The Kier molecular flexibility index (Phi) is 9.55. The van der Waals surface area contributed by atoms with Crippen LogP contribution in [0, 0.1) is 5.92 Å². The third-order valence-electron chi connectivity index (χ3n) is 6.45. The molecule has 1 atom stereocenters. The smallest absolute Gasteiger partial charge is 0.405 e. The molecule has 0 aliphatic heterocycles. The van der Waals surface area contributed by atoms with Gasteiger partial charge >= 0.3 is 12.7 Å². The van der Waals surface area contributed by atoms with Crippen LogP contribution in [0.1, 0.15) is 65.1 Å². The van der Waals surface area contributed by atoms with E-state index in [2.05, 4.69) is 20.0 Å². The largest absolute Gasteiger partial charge is 0.489 e. The second-order valence-electron chi connectivity index (χ2n) is 9.64. The lowest BCUT2D eigenvalue weighted by Gasteiger charge is -2.14. The number of pyridine rings is 1. The van der Waals surface area contributed by atoms with E-state index in [1.165, 1.54) is 48.4 Å². The first-order valence-electron chi connectivity index (χ1n) is 13.2. The van der Waals surface area contributed by atoms with Crippen molar-refractivity contribution < 1.29 is 41.8 Å². The molecule has 1 aliphatic rings. The van der Waals surface area contributed by atoms with Crippen molar-refractivity contribution in [3.63, 3.8) is 0 Å². The summed E-state index contributed by atoms with van der Waals surface area (Å²) in [6.45, 7) is 1.02. The molecule has 1 unspecified atom stereocenters. The van der Waals surface area contributed by atoms with Crippen molar-refractivity contribution in [2.75, 3.05) is 20.2 Å². The van der Waals surface area contributed by atoms with Crippen molar-refractivity contribution in [3.05, 3.63) is 59.2 Å². The fourth-order valence-corrected chi connectivity index (χ4v) is 3.87. The number of amides is 3. The molecule has 3 aromatic rings. The van der Waals surface area contributed by atoms with E-state index in [1.54, 1.807) is 7.05 Å². The Balaban J connectivity index is 1.56. The van der Waals surface area contributed by atoms with Crippen molar-refractivity contribution in [2.24, 2.45) is 11.7 Å². The van der Waals surface area contributed by atoms with Gasteiger partial charge in [0, 0.05) is 25.4 Å². The molecule has 0 bridgehead atoms. The van der Waals surface area contributed by atoms with E-state index in [0.29, 0.717) is 30.2 Å². The minimum absolute atomic E-state index is 0.0510. The second kappa shape index (κ2) is 13.3. The first-order valence-corrected chi connectivity index (χ1v) is 13.2. The van der Waals surface area contributed by atoms with Gasteiger partial charge in [-0.05, 0) is 62.9 Å². The number of rotatable bonds is 13. The van der Waals surface area contributed by atoms with Crippen LogP contribution >= 0.6 is 0 Å². The highest BCUT2D eigenvalue weighted by atomic mass is 19.3. The van der Waals surface area contributed by atoms with E-state index >= 15 is 0 Å². The molecule has 42 heavy (non-hydrogen) atoms. The number of primary amides is 1. The summed E-state index contributed by atoms with van der Waals surface area (Å²) in [4.78, 5) is 46.5. The molecule has 1 aliphatic carbocycles. The number of aromatic nitrogens is 2. The average Bonchev–Trinajstić information content (AvgIpc) is 3.70. The lowest BCUT2D eigenvalue weighted by Crippen LogP contribution is -2.27. The van der Waals surface area contributed by atoms with Crippen LogP contribution in [0.15, 0.2) is 40.9 Å². The zero-order chi connectivity index (χ0) is 30.4. The molecule has 3 N–H and O–H groups in total. The number of oxazole rings is 1. The van der Waals surface area contributed by atoms with Crippen LogP contribution in [-0.4, -0.2) is 59.6 Å². The molecule has 3 amide bonds. The van der Waals surface area contributed by atoms with Crippen LogP contribution in [0.4, 0.5) is 13.6 Å². The van der Waals surface area contributed by atoms with Crippen molar-refractivity contribution >= 4 is 17.9 Å². The Morgan fingerprint density at radius 2 is 1.95 bits per heavy atom. The number of ether oxygens (including phenoxy) is 3. The van der Waals surface area contributed by atoms with Crippen molar-refractivity contribution in [1.82, 2.24) is 20.2 Å². The monoisotopic (exact) mass is 587 g/mol. The SMILES string of the molecule is CCN(C)C(=O)c1ccc(C(=O)NCc2nc(-c3ccc(OC(F)F)c(OCC4CC4)c3)oc2C(C)OC(N)=O)nc1. The molecule has 4 rings (SSSR count). The van der Waals surface area contributed by atoms with Crippen molar-refractivity contribution in [3.8, 4) is 23.0 Å². The van der Waals surface area contributed by atoms with E-state index in [9.17, 15) is 23.2 Å². The molecule has 0 saturated heterocycles. The average molecular weight is 588 g/mol. The van der Waals surface area contributed by atoms with Crippen LogP contribution in [0.5, 0.6) is 11.5 Å². The van der Waals surface area contributed by atoms with Gasteiger partial charge in [0.15, 0.2) is 23.4 Å². The Labute approximate surface area is 240 Å². The summed E-state index contributed by atoms with van der Waals surface area (Å²) in [6.07, 6.45) is 1.29. The van der Waals surface area contributed by atoms with Gasteiger partial charge in [0.05, 0.1) is 18.7 Å². The van der Waals surface area contributed by atoms with Gasteiger partial charge in [0.2, 0.25) is 5.89 Å². The maximum Gasteiger partial charge on any atom is 0.405 e. The van der Waals surface area contributed by atoms with Gasteiger partial charge in [-0.1, -0.05) is 0 Å². The van der Waals surface area contributed by atoms with E-state index < -0.39 is 24.7 Å². The summed E-state index contributed by atoms with van der Waals surface area (Å²) < 4.78 is 47.2. The molecule has 2 aromatic heterocycles. The predicted octanol–water partition coefficient (Wildman–Crippen LogP) is 4.31. The minimum Gasteiger partial charge on any atom is -0.489 e. The summed E-state index contributed by atoms with van der Waals surface area (Å²) in [7, 11) is 1.66. The van der Waals surface area contributed by atoms with Gasteiger partial charge < -0.3 is 34.6 Å². The molecule has 0 spiro atoms. The van der Waals surface area contributed by atoms with Crippen LogP contribution in [0.2, 0.25) is 0 Å². The van der Waals surface area contributed by atoms with Crippen LogP contribution < -0.4 is 20.5 Å². The molecule has 1 fully saturated rings. The summed E-state index contributed by atoms with van der Waals surface area (Å²) in [5.74, 6) is -0.318. The highest BCUT2D eigenvalue weighted by Crippen LogP contribution is 2.37. The van der Waals surface area contributed by atoms with Gasteiger partial charge in [-0.25, -0.2) is 9.78 Å². The normalized spacial score (nSPS) is 13.4. The van der Waals surface area contributed by atoms with Gasteiger partial charge in [-0.2, -0.15) is 8.78 Å². The highest BCUT2D eigenvalue weighted by molar-refractivity contribution is 5.96. The maximum atomic E-state index is 12.9. The minimum atomic E-state index is -3.04. The number of nitrogens with zero attached hydrogens (tertiary/aromatic N) is 3. The van der Waals surface area contributed by atoms with E-state index in [0.717, 1.165) is 12.8 Å². The molecule has 12 nitrogen and oxygen atoms in total. The van der Waals surface area contributed by atoms with E-state index in [1.807, 2.05) is 6.92 Å². The number of nitrogens with two attached hydrogens (primary N) is 1. The number of benzene rings is 1. The zero-order valence-electron chi connectivity index (χ0n) is 23.3. The summed E-state index contributed by atoms with van der Waals surface area (Å²) in [5.41, 5.74) is 6.16. The standard InChI is InChI=1S/C28H31F2N5O7/c1-4-35(3)26(37)18-7-9-19(32-12-18)24(36)33-13-20-23(15(2)40-28(31)38)42-25(34-20)17-8-10-21(41-27(29)30)22(11-17)39-14-16-5-6-16/h7-12,15-16,27H,4-6,13-14H2,1-3H3,(H2,31,38)(H,33,36). The number of carbonyl (C=O) groups excluding carboxylic acids is 3. The second-order valence-corrected chi connectivity index (χ2v) is 9.64. The van der Waals surface area contributed by atoms with Crippen molar-refractivity contribution in [2.45, 2.75) is 45.9 Å². The summed E-state index contributed by atoms with van der Waals surface area (Å²) in [5, 5.41) is 2.67. The van der Waals surface area contributed by atoms with Gasteiger partial charge in [0.25, 0.3) is 11.8 Å². The fourth-order valence-electron chi connectivity index (χ4n) is 3.87. The molecule has 1 aromatic carbocycles. The van der Waals surface area contributed by atoms with E-state index in [4.69, 9.17) is 19.6 Å². The third-order valence-corrected chi connectivity index (χ3v) is 6.45. The number of carbonyl (C=O) groups is 3. The number of hydrogen-bond acceptors (Lipinski definition) is 9. The summed E-state index contributed by atoms with van der Waals surface area (Å²) >= 11 is 0. The first kappa shape index (κ1) is 30.2. The Hall–Kier alpha value is -4.75. The number of hydrogen-bond donors (Lipinski definition) is 2. The lowest BCUT2D eigenvalue weighted by atomic mass is 10.2. The molecular formula is C28H31F2N5O7. The lowest BCUT2D eigenvalue weighted by molar-refractivity contribution is -0.0515. The predicted molar refractivity (Wildman–Crippen MR) is 144 cm³/mol. The topological polar surface area (TPSA) is 159 Å². The number of nitrogens with one attached hydrogen (secondary N) is 1. The maximum absolute atomic E-state index is 12.9. The van der Waals surface area contributed by atoms with Gasteiger partial charge in [-0.15, -0.1) is 0 Å². The number of halogens is 2. The summed E-state index contributed by atoms with van der Waals surface area (Å²) in [6, 6.07) is 7.16. The van der Waals surface area contributed by atoms with Crippen LogP contribution in [0.25, 0.3) is 11.5 Å². The molecule has 0 radical (unpaired) electrons. The third kappa shape index (κ3) is 7.71. The van der Waals surface area contributed by atoms with E-state index in [-0.39, 0.29) is 47.0 Å². The van der Waals surface area contributed by atoms with Gasteiger partial charge in [0.1, 0.15) is 11.4 Å². The molecule has 14 heteroatoms.